The van der Waals surface area contributed by atoms with Gasteiger partial charge in [0.05, 0.1) is 4.90 Å². The third kappa shape index (κ3) is 4.37. The third-order valence-corrected chi connectivity index (χ3v) is 5.35. The average Bonchev–Trinajstić information content (AvgIpc) is 2.82. The van der Waals surface area contributed by atoms with Gasteiger partial charge in [0, 0.05) is 13.0 Å². The number of hydrogen-bond donors (Lipinski definition) is 0. The van der Waals surface area contributed by atoms with Crippen LogP contribution in [-0.4, -0.2) is 13.0 Å². The molecule has 1 aromatic heterocycles. The van der Waals surface area contributed by atoms with E-state index in [0.717, 1.165) is 12.1 Å². The van der Waals surface area contributed by atoms with E-state index in [0.29, 0.717) is 0 Å². The smallest absolute Gasteiger partial charge is 0.235 e. The van der Waals surface area contributed by atoms with Gasteiger partial charge in [-0.05, 0) is 32.0 Å². The largest absolute Gasteiger partial charge is 0.744 e. The summed E-state index contributed by atoms with van der Waals surface area (Å²) in [5, 5.41) is 1.39. The molecule has 4 nitrogen and oxygen atoms in total. The standard InChI is InChI=1S/C10H12NS.C7H8O3S/c1-3-11-8(2)12-10-7-5-4-6-9(10)11;1-6-2-4-7(5-3-6)11(8,9)10/h4-7H,3H2,1-2H3;2-5H,1H3,(H,8,9,10)/q+1;/p-1. The number of thiazole rings is 1. The Morgan fingerprint density at radius 3 is 2.22 bits per heavy atom. The minimum absolute atomic E-state index is 0.178. The van der Waals surface area contributed by atoms with E-state index in [1.807, 2.05) is 18.3 Å². The van der Waals surface area contributed by atoms with E-state index in [-0.39, 0.29) is 4.90 Å². The Morgan fingerprint density at radius 2 is 1.65 bits per heavy atom. The SMILES string of the molecule is CC[n+]1c(C)sc2ccccc21.Cc1ccc(S(=O)(=O)[O-])cc1. The number of hydrogen-bond acceptors (Lipinski definition) is 4. The van der Waals surface area contributed by atoms with E-state index in [1.54, 1.807) is 12.1 Å². The van der Waals surface area contributed by atoms with Crippen LogP contribution in [0.15, 0.2) is 53.4 Å². The first kappa shape index (κ1) is 17.6. The predicted molar refractivity (Wildman–Crippen MR) is 91.6 cm³/mol. The van der Waals surface area contributed by atoms with Gasteiger partial charge in [0.2, 0.25) is 10.5 Å². The number of benzene rings is 2. The number of para-hydroxylation sites is 1. The van der Waals surface area contributed by atoms with Crippen LogP contribution in [0.1, 0.15) is 17.5 Å². The molecule has 0 radical (unpaired) electrons. The number of nitrogens with zero attached hydrogens (tertiary/aromatic N) is 1. The zero-order valence-electron chi connectivity index (χ0n) is 13.3. The molecule has 0 unspecified atom stereocenters. The van der Waals surface area contributed by atoms with Crippen LogP contribution in [0.3, 0.4) is 0 Å². The number of rotatable bonds is 2. The summed E-state index contributed by atoms with van der Waals surface area (Å²) >= 11 is 1.87. The minimum atomic E-state index is -4.27. The highest BCUT2D eigenvalue weighted by atomic mass is 32.2. The molecule has 0 aliphatic carbocycles. The first-order chi connectivity index (χ1) is 10.8. The summed E-state index contributed by atoms with van der Waals surface area (Å²) in [7, 11) is -4.27. The summed E-state index contributed by atoms with van der Waals surface area (Å²) in [5.74, 6) is 0. The van der Waals surface area contributed by atoms with Crippen molar-refractivity contribution in [1.29, 1.82) is 0 Å². The van der Waals surface area contributed by atoms with Gasteiger partial charge in [0.15, 0.2) is 0 Å². The molecule has 23 heavy (non-hydrogen) atoms. The first-order valence-electron chi connectivity index (χ1n) is 7.23. The lowest BCUT2D eigenvalue weighted by molar-refractivity contribution is -0.669. The Bertz CT molecular complexity index is 897. The fourth-order valence-electron chi connectivity index (χ4n) is 2.25. The van der Waals surface area contributed by atoms with E-state index in [2.05, 4.69) is 42.7 Å². The van der Waals surface area contributed by atoms with Crippen LogP contribution >= 0.6 is 11.3 Å². The fraction of sp³-hybridized carbons (Fsp3) is 0.235. The van der Waals surface area contributed by atoms with E-state index in [9.17, 15) is 13.0 Å². The Kier molecular flexibility index (Phi) is 5.51. The van der Waals surface area contributed by atoms with Crippen LogP contribution in [0, 0.1) is 13.8 Å². The van der Waals surface area contributed by atoms with Crippen molar-refractivity contribution in [2.75, 3.05) is 0 Å². The Labute approximate surface area is 140 Å². The maximum absolute atomic E-state index is 10.4. The summed E-state index contributed by atoms with van der Waals surface area (Å²) in [4.78, 5) is -0.178. The molecule has 0 aliphatic rings. The molecule has 3 rings (SSSR count). The van der Waals surface area contributed by atoms with Gasteiger partial charge in [-0.15, -0.1) is 0 Å². The second-order valence-electron chi connectivity index (χ2n) is 5.10. The molecule has 2 aromatic carbocycles. The summed E-state index contributed by atoms with van der Waals surface area (Å²) in [5.41, 5.74) is 2.29. The lowest BCUT2D eigenvalue weighted by Crippen LogP contribution is -2.33. The van der Waals surface area contributed by atoms with Crippen molar-refractivity contribution in [2.24, 2.45) is 0 Å². The summed E-state index contributed by atoms with van der Waals surface area (Å²) < 4.78 is 34.9. The highest BCUT2D eigenvalue weighted by Crippen LogP contribution is 2.18. The molecule has 0 aliphatic heterocycles. The van der Waals surface area contributed by atoms with Crippen molar-refractivity contribution < 1.29 is 17.5 Å². The van der Waals surface area contributed by atoms with Crippen molar-refractivity contribution in [3.63, 3.8) is 0 Å². The Hall–Kier alpha value is -1.76. The fourth-order valence-corrected chi connectivity index (χ4v) is 3.80. The summed E-state index contributed by atoms with van der Waals surface area (Å²) in [6.45, 7) is 7.25. The summed E-state index contributed by atoms with van der Waals surface area (Å²) in [6.07, 6.45) is 0. The maximum Gasteiger partial charge on any atom is 0.235 e. The van der Waals surface area contributed by atoms with Crippen molar-refractivity contribution >= 4 is 31.7 Å². The molecular formula is C17H19NO3S2. The predicted octanol–water partition coefficient (Wildman–Crippen LogP) is 3.42. The topological polar surface area (TPSA) is 61.1 Å². The molecule has 0 amide bonds. The van der Waals surface area contributed by atoms with Crippen LogP contribution in [0.5, 0.6) is 0 Å². The molecule has 0 atom stereocenters. The van der Waals surface area contributed by atoms with Crippen LogP contribution in [0.4, 0.5) is 0 Å². The lowest BCUT2D eigenvalue weighted by Gasteiger charge is -2.05. The molecule has 122 valence electrons. The highest BCUT2D eigenvalue weighted by molar-refractivity contribution is 7.85. The van der Waals surface area contributed by atoms with Crippen molar-refractivity contribution in [1.82, 2.24) is 0 Å². The number of fused-ring (bicyclic) bond motifs is 1. The van der Waals surface area contributed by atoms with Gasteiger partial charge in [-0.1, -0.05) is 41.2 Å². The van der Waals surface area contributed by atoms with E-state index in [1.165, 1.54) is 27.4 Å². The van der Waals surface area contributed by atoms with E-state index < -0.39 is 10.1 Å². The van der Waals surface area contributed by atoms with Gasteiger partial charge in [-0.3, -0.25) is 0 Å². The monoisotopic (exact) mass is 349 g/mol. The average molecular weight is 349 g/mol. The molecule has 0 saturated heterocycles. The molecule has 0 fully saturated rings. The molecule has 3 aromatic rings. The second kappa shape index (κ2) is 7.21. The Morgan fingerprint density at radius 1 is 1.04 bits per heavy atom. The number of aryl methyl sites for hydroxylation is 3. The molecule has 0 bridgehead atoms. The minimum Gasteiger partial charge on any atom is -0.744 e. The summed E-state index contributed by atoms with van der Waals surface area (Å²) in [6, 6.07) is 14.3. The lowest BCUT2D eigenvalue weighted by atomic mass is 10.2. The second-order valence-corrected chi connectivity index (χ2v) is 7.71. The zero-order valence-corrected chi connectivity index (χ0v) is 14.9. The van der Waals surface area contributed by atoms with Crippen LogP contribution in [0.2, 0.25) is 0 Å². The quantitative estimate of drug-likeness (QED) is 0.526. The van der Waals surface area contributed by atoms with E-state index >= 15 is 0 Å². The molecule has 0 spiro atoms. The van der Waals surface area contributed by atoms with Gasteiger partial charge in [-0.2, -0.15) is 4.57 Å². The zero-order chi connectivity index (χ0) is 17.0. The van der Waals surface area contributed by atoms with Crippen molar-refractivity contribution in [2.45, 2.75) is 32.2 Å². The van der Waals surface area contributed by atoms with Gasteiger partial charge in [0.25, 0.3) is 0 Å². The molecule has 0 saturated carbocycles. The van der Waals surface area contributed by atoms with E-state index in [4.69, 9.17) is 0 Å². The normalized spacial score (nSPS) is 11.1. The molecule has 6 heteroatoms. The molecular weight excluding hydrogens is 330 g/mol. The maximum atomic E-state index is 10.4. The van der Waals surface area contributed by atoms with Gasteiger partial charge < -0.3 is 4.55 Å². The van der Waals surface area contributed by atoms with Gasteiger partial charge in [-0.25, -0.2) is 8.42 Å². The number of aromatic nitrogens is 1. The van der Waals surface area contributed by atoms with Crippen LogP contribution in [-0.2, 0) is 16.7 Å². The van der Waals surface area contributed by atoms with Crippen LogP contribution in [0.25, 0.3) is 10.2 Å². The first-order valence-corrected chi connectivity index (χ1v) is 9.46. The molecule has 1 heterocycles. The van der Waals surface area contributed by atoms with Crippen molar-refractivity contribution in [3.05, 3.63) is 59.1 Å². The van der Waals surface area contributed by atoms with Gasteiger partial charge in [0.1, 0.15) is 21.4 Å². The highest BCUT2D eigenvalue weighted by Gasteiger charge is 2.13. The Balaban J connectivity index is 0.000000168. The van der Waals surface area contributed by atoms with Crippen molar-refractivity contribution in [3.8, 4) is 0 Å². The third-order valence-electron chi connectivity index (χ3n) is 3.42. The van der Waals surface area contributed by atoms with Gasteiger partial charge >= 0.3 is 0 Å². The molecule has 0 N–H and O–H groups in total. The van der Waals surface area contributed by atoms with Crippen LogP contribution < -0.4 is 4.57 Å².